The summed E-state index contributed by atoms with van der Waals surface area (Å²) in [6.07, 6.45) is 3.24. The van der Waals surface area contributed by atoms with Crippen molar-refractivity contribution in [3.63, 3.8) is 0 Å². The van der Waals surface area contributed by atoms with Crippen molar-refractivity contribution in [1.82, 2.24) is 14.8 Å². The van der Waals surface area contributed by atoms with E-state index in [2.05, 4.69) is 15.4 Å². The minimum Gasteiger partial charge on any atom is -0.388 e. The van der Waals surface area contributed by atoms with E-state index in [9.17, 15) is 8.78 Å². The molecule has 3 rings (SSSR count). The second-order valence-corrected chi connectivity index (χ2v) is 5.25. The predicted molar refractivity (Wildman–Crippen MR) is 85.9 cm³/mol. The van der Waals surface area contributed by atoms with Gasteiger partial charge in [0.25, 0.3) is 5.92 Å². The lowest BCUT2D eigenvalue weighted by Gasteiger charge is -2.13. The highest BCUT2D eigenvalue weighted by molar-refractivity contribution is 5.59. The van der Waals surface area contributed by atoms with E-state index in [1.54, 1.807) is 43.7 Å². The van der Waals surface area contributed by atoms with Crippen LogP contribution in [0.15, 0.2) is 54.9 Å². The van der Waals surface area contributed by atoms with Gasteiger partial charge in [-0.15, -0.1) is 0 Å². The summed E-state index contributed by atoms with van der Waals surface area (Å²) in [5.41, 5.74) is 2.48. The van der Waals surface area contributed by atoms with Crippen molar-refractivity contribution in [2.75, 3.05) is 12.4 Å². The number of nitrogens with one attached hydrogen (secondary N) is 1. The molecule has 0 unspecified atom stereocenters. The summed E-state index contributed by atoms with van der Waals surface area (Å²) >= 11 is 0. The van der Waals surface area contributed by atoms with Crippen molar-refractivity contribution in [2.24, 2.45) is 0 Å². The zero-order chi connectivity index (χ0) is 16.4. The first kappa shape index (κ1) is 15.1. The Labute approximate surface area is 132 Å². The van der Waals surface area contributed by atoms with E-state index in [-0.39, 0.29) is 5.69 Å². The molecular formula is C17H16F2N4. The smallest absolute Gasteiger partial charge is 0.287 e. The molecule has 0 amide bonds. The van der Waals surface area contributed by atoms with Crippen LogP contribution in [0.4, 0.5) is 14.5 Å². The van der Waals surface area contributed by atoms with Gasteiger partial charge in [0.1, 0.15) is 5.69 Å². The summed E-state index contributed by atoms with van der Waals surface area (Å²) in [6.45, 7) is 0.871. The highest BCUT2D eigenvalue weighted by atomic mass is 19.3. The Morgan fingerprint density at radius 2 is 1.87 bits per heavy atom. The minimum absolute atomic E-state index is 0.159. The van der Waals surface area contributed by atoms with E-state index in [1.165, 1.54) is 10.7 Å². The van der Waals surface area contributed by atoms with Crippen LogP contribution >= 0.6 is 0 Å². The topological polar surface area (TPSA) is 42.7 Å². The van der Waals surface area contributed by atoms with Crippen LogP contribution in [0.25, 0.3) is 16.9 Å². The van der Waals surface area contributed by atoms with Gasteiger partial charge in [-0.05, 0) is 42.5 Å². The van der Waals surface area contributed by atoms with Crippen molar-refractivity contribution in [3.05, 3.63) is 60.6 Å². The molecule has 0 aliphatic carbocycles. The van der Waals surface area contributed by atoms with Gasteiger partial charge in [0.2, 0.25) is 0 Å². The number of alkyl halides is 2. The molecule has 0 aliphatic rings. The van der Waals surface area contributed by atoms with Gasteiger partial charge in [0.05, 0.1) is 11.4 Å². The Bertz CT molecular complexity index is 790. The second kappa shape index (κ2) is 5.79. The van der Waals surface area contributed by atoms with E-state index in [0.29, 0.717) is 16.9 Å². The molecular weight excluding hydrogens is 298 g/mol. The number of hydrogen-bond acceptors (Lipinski definition) is 3. The summed E-state index contributed by atoms with van der Waals surface area (Å²) in [5, 5.41) is 7.34. The molecule has 0 saturated carbocycles. The summed E-state index contributed by atoms with van der Waals surface area (Å²) < 4.78 is 29.3. The van der Waals surface area contributed by atoms with Gasteiger partial charge in [-0.1, -0.05) is 0 Å². The largest absolute Gasteiger partial charge is 0.388 e. The average Bonchev–Trinajstić information content (AvgIpc) is 3.01. The zero-order valence-corrected chi connectivity index (χ0v) is 12.8. The van der Waals surface area contributed by atoms with Gasteiger partial charge in [-0.25, -0.2) is 4.68 Å². The molecule has 118 valence electrons. The first-order valence-electron chi connectivity index (χ1n) is 7.16. The molecule has 2 aromatic heterocycles. The van der Waals surface area contributed by atoms with Crippen LogP contribution in [-0.2, 0) is 5.92 Å². The maximum atomic E-state index is 14.0. The Balaban J connectivity index is 2.12. The average molecular weight is 314 g/mol. The van der Waals surface area contributed by atoms with Crippen molar-refractivity contribution < 1.29 is 8.78 Å². The zero-order valence-electron chi connectivity index (χ0n) is 12.8. The van der Waals surface area contributed by atoms with Gasteiger partial charge in [-0.2, -0.15) is 13.9 Å². The highest BCUT2D eigenvalue weighted by Gasteiger charge is 2.31. The standard InChI is InChI=1S/C17H16F2N4/c1-17(18,19)16-10-15(12-4-3-9-21-11-12)22-23(16)14-7-5-13(20-2)6-8-14/h3-11,20H,1-2H3. The molecule has 4 nitrogen and oxygen atoms in total. The third kappa shape index (κ3) is 3.06. The Morgan fingerprint density at radius 3 is 2.43 bits per heavy atom. The van der Waals surface area contributed by atoms with Crippen LogP contribution in [-0.4, -0.2) is 21.8 Å². The quantitative estimate of drug-likeness (QED) is 0.789. The Morgan fingerprint density at radius 1 is 1.13 bits per heavy atom. The number of aromatic nitrogens is 3. The molecule has 0 bridgehead atoms. The fraction of sp³-hybridized carbons (Fsp3) is 0.176. The van der Waals surface area contributed by atoms with Crippen LogP contribution in [0.3, 0.4) is 0 Å². The second-order valence-electron chi connectivity index (χ2n) is 5.25. The molecule has 0 aliphatic heterocycles. The number of halogens is 2. The van der Waals surface area contributed by atoms with Crippen molar-refractivity contribution in [3.8, 4) is 16.9 Å². The first-order valence-corrected chi connectivity index (χ1v) is 7.16. The van der Waals surface area contributed by atoms with E-state index < -0.39 is 5.92 Å². The first-order chi connectivity index (χ1) is 11.0. The van der Waals surface area contributed by atoms with Crippen LogP contribution in [0.2, 0.25) is 0 Å². The Kier molecular flexibility index (Phi) is 3.82. The van der Waals surface area contributed by atoms with E-state index >= 15 is 0 Å². The molecule has 0 spiro atoms. The third-order valence-electron chi connectivity index (χ3n) is 3.52. The van der Waals surface area contributed by atoms with Crippen LogP contribution in [0, 0.1) is 0 Å². The maximum absolute atomic E-state index is 14.0. The molecule has 0 radical (unpaired) electrons. The number of nitrogens with zero attached hydrogens (tertiary/aromatic N) is 3. The number of rotatable bonds is 4. The third-order valence-corrected chi connectivity index (χ3v) is 3.52. The summed E-state index contributed by atoms with van der Waals surface area (Å²) in [7, 11) is 1.80. The monoisotopic (exact) mass is 314 g/mol. The molecule has 0 fully saturated rings. The number of hydrogen-bond donors (Lipinski definition) is 1. The molecule has 3 aromatic rings. The molecule has 2 heterocycles. The van der Waals surface area contributed by atoms with Gasteiger partial charge in [0.15, 0.2) is 0 Å². The van der Waals surface area contributed by atoms with E-state index in [4.69, 9.17) is 0 Å². The normalized spacial score (nSPS) is 11.5. The number of benzene rings is 1. The van der Waals surface area contributed by atoms with Gasteiger partial charge >= 0.3 is 0 Å². The molecule has 1 aromatic carbocycles. The molecule has 0 saturated heterocycles. The van der Waals surface area contributed by atoms with Crippen LogP contribution in [0.5, 0.6) is 0 Å². The molecule has 0 atom stereocenters. The number of anilines is 1. The molecule has 6 heteroatoms. The fourth-order valence-electron chi connectivity index (χ4n) is 2.32. The highest BCUT2D eigenvalue weighted by Crippen LogP contribution is 2.32. The number of pyridine rings is 1. The van der Waals surface area contributed by atoms with Gasteiger partial charge in [0, 0.05) is 37.6 Å². The van der Waals surface area contributed by atoms with Crippen molar-refractivity contribution in [2.45, 2.75) is 12.8 Å². The minimum atomic E-state index is -3.00. The Hall–Kier alpha value is -2.76. The van der Waals surface area contributed by atoms with E-state index in [0.717, 1.165) is 12.6 Å². The summed E-state index contributed by atoms with van der Waals surface area (Å²) in [5.74, 6) is -3.00. The van der Waals surface area contributed by atoms with E-state index in [1.807, 2.05) is 12.1 Å². The lowest BCUT2D eigenvalue weighted by atomic mass is 10.1. The maximum Gasteiger partial charge on any atom is 0.287 e. The van der Waals surface area contributed by atoms with Crippen molar-refractivity contribution >= 4 is 5.69 Å². The summed E-state index contributed by atoms with van der Waals surface area (Å²) in [6, 6.07) is 12.1. The lowest BCUT2D eigenvalue weighted by molar-refractivity contribution is 0.0102. The lowest BCUT2D eigenvalue weighted by Crippen LogP contribution is -2.14. The predicted octanol–water partition coefficient (Wildman–Crippen LogP) is 4.09. The van der Waals surface area contributed by atoms with Crippen molar-refractivity contribution in [1.29, 1.82) is 0 Å². The SMILES string of the molecule is CNc1ccc(-n2nc(-c3cccnc3)cc2C(C)(F)F)cc1. The van der Waals surface area contributed by atoms with Gasteiger partial charge < -0.3 is 5.32 Å². The van der Waals surface area contributed by atoms with Crippen LogP contribution < -0.4 is 5.32 Å². The molecule has 1 N–H and O–H groups in total. The van der Waals surface area contributed by atoms with Gasteiger partial charge in [-0.3, -0.25) is 4.98 Å². The fourth-order valence-corrected chi connectivity index (χ4v) is 2.32. The van der Waals surface area contributed by atoms with Crippen LogP contribution in [0.1, 0.15) is 12.6 Å². The molecule has 23 heavy (non-hydrogen) atoms. The summed E-state index contributed by atoms with van der Waals surface area (Å²) in [4.78, 5) is 4.01.